The Labute approximate surface area is 106 Å². The Kier molecular flexibility index (Phi) is 4.21. The number of carbonyl (C=O) groups is 1. The van der Waals surface area contributed by atoms with Crippen LogP contribution < -0.4 is 4.74 Å². The summed E-state index contributed by atoms with van der Waals surface area (Å²) in [6, 6.07) is 7.15. The highest BCUT2D eigenvalue weighted by molar-refractivity contribution is 5.77. The molecule has 0 N–H and O–H groups in total. The largest absolute Gasteiger partial charge is 0.484 e. The van der Waals surface area contributed by atoms with Gasteiger partial charge < -0.3 is 14.4 Å². The van der Waals surface area contributed by atoms with Crippen molar-refractivity contribution in [3.63, 3.8) is 0 Å². The molecule has 0 saturated carbocycles. The van der Waals surface area contributed by atoms with Crippen LogP contribution in [-0.4, -0.2) is 43.7 Å². The van der Waals surface area contributed by atoms with Crippen LogP contribution >= 0.6 is 0 Å². The van der Waals surface area contributed by atoms with Crippen LogP contribution in [0.5, 0.6) is 5.75 Å². The number of hydrogen-bond donors (Lipinski definition) is 0. The van der Waals surface area contributed by atoms with E-state index >= 15 is 0 Å². The van der Waals surface area contributed by atoms with Gasteiger partial charge in [0, 0.05) is 18.7 Å². The predicted octanol–water partition coefficient (Wildman–Crippen LogP) is 0.906. The van der Waals surface area contributed by atoms with Crippen LogP contribution in [0.25, 0.3) is 0 Å². The quantitative estimate of drug-likeness (QED) is 0.743. The first-order valence-electron chi connectivity index (χ1n) is 5.84. The zero-order valence-electron chi connectivity index (χ0n) is 10.1. The Morgan fingerprint density at radius 2 is 2.22 bits per heavy atom. The van der Waals surface area contributed by atoms with Crippen molar-refractivity contribution < 1.29 is 14.3 Å². The summed E-state index contributed by atoms with van der Waals surface area (Å²) in [4.78, 5) is 13.6. The Hall–Kier alpha value is -1.99. The standard InChI is InChI=1S/C14H15NO3/c1-2-12-4-3-5-13(10-12)18-11-14(16)15-6-8-17-9-7-15/h1,3-5,10H,6-9,11H2. The molecule has 0 aliphatic carbocycles. The molecule has 1 aromatic rings. The van der Waals surface area contributed by atoms with Crippen LogP contribution in [-0.2, 0) is 9.53 Å². The van der Waals surface area contributed by atoms with E-state index in [1.54, 1.807) is 17.0 Å². The van der Waals surface area contributed by atoms with E-state index in [1.807, 2.05) is 12.1 Å². The Balaban J connectivity index is 1.86. The lowest BCUT2D eigenvalue weighted by atomic mass is 10.2. The highest BCUT2D eigenvalue weighted by atomic mass is 16.5. The molecule has 18 heavy (non-hydrogen) atoms. The molecule has 1 amide bonds. The summed E-state index contributed by atoms with van der Waals surface area (Å²) in [5.41, 5.74) is 0.742. The first-order valence-corrected chi connectivity index (χ1v) is 5.84. The average Bonchev–Trinajstić information content (AvgIpc) is 2.46. The molecule has 0 unspecified atom stereocenters. The predicted molar refractivity (Wildman–Crippen MR) is 67.3 cm³/mol. The molecule has 0 radical (unpaired) electrons. The lowest BCUT2D eigenvalue weighted by Gasteiger charge is -2.26. The molecule has 0 spiro atoms. The van der Waals surface area contributed by atoms with Crippen LogP contribution in [0, 0.1) is 12.3 Å². The SMILES string of the molecule is C#Cc1cccc(OCC(=O)N2CCOCC2)c1. The third kappa shape index (κ3) is 3.25. The molecule has 1 aliphatic rings. The van der Waals surface area contributed by atoms with Gasteiger partial charge in [-0.3, -0.25) is 4.79 Å². The molecule has 1 fully saturated rings. The summed E-state index contributed by atoms with van der Waals surface area (Å²) in [7, 11) is 0. The van der Waals surface area contributed by atoms with E-state index in [9.17, 15) is 4.79 Å². The molecule has 1 saturated heterocycles. The van der Waals surface area contributed by atoms with Crippen LogP contribution in [0.4, 0.5) is 0 Å². The second kappa shape index (κ2) is 6.08. The number of hydrogen-bond acceptors (Lipinski definition) is 3. The molecule has 1 aliphatic heterocycles. The Morgan fingerprint density at radius 1 is 1.44 bits per heavy atom. The minimum Gasteiger partial charge on any atom is -0.484 e. The highest BCUT2D eigenvalue weighted by Gasteiger charge is 2.16. The van der Waals surface area contributed by atoms with E-state index in [0.29, 0.717) is 32.1 Å². The highest BCUT2D eigenvalue weighted by Crippen LogP contribution is 2.12. The van der Waals surface area contributed by atoms with Gasteiger partial charge in [-0.1, -0.05) is 12.0 Å². The van der Waals surface area contributed by atoms with Crippen LogP contribution in [0.15, 0.2) is 24.3 Å². The number of amides is 1. The van der Waals surface area contributed by atoms with Gasteiger partial charge in [0.05, 0.1) is 13.2 Å². The molecule has 1 heterocycles. The van der Waals surface area contributed by atoms with Gasteiger partial charge in [-0.05, 0) is 18.2 Å². The fraction of sp³-hybridized carbons (Fsp3) is 0.357. The minimum atomic E-state index is -0.0237. The van der Waals surface area contributed by atoms with Gasteiger partial charge >= 0.3 is 0 Å². The second-order valence-corrected chi connectivity index (χ2v) is 3.95. The van der Waals surface area contributed by atoms with Crippen molar-refractivity contribution in [3.8, 4) is 18.1 Å². The van der Waals surface area contributed by atoms with Crippen molar-refractivity contribution in [3.05, 3.63) is 29.8 Å². The molecule has 4 nitrogen and oxygen atoms in total. The number of carbonyl (C=O) groups excluding carboxylic acids is 1. The third-order valence-corrected chi connectivity index (χ3v) is 2.73. The topological polar surface area (TPSA) is 38.8 Å². The maximum atomic E-state index is 11.8. The van der Waals surface area contributed by atoms with Crippen LogP contribution in [0.1, 0.15) is 5.56 Å². The number of ether oxygens (including phenoxy) is 2. The summed E-state index contributed by atoms with van der Waals surface area (Å²) in [5, 5.41) is 0. The van der Waals surface area contributed by atoms with Crippen LogP contribution in [0.3, 0.4) is 0 Å². The van der Waals surface area contributed by atoms with Crippen LogP contribution in [0.2, 0.25) is 0 Å². The molecule has 4 heteroatoms. The zero-order valence-corrected chi connectivity index (χ0v) is 10.1. The molecule has 94 valence electrons. The van der Waals surface area contributed by atoms with Gasteiger partial charge in [-0.2, -0.15) is 0 Å². The summed E-state index contributed by atoms with van der Waals surface area (Å²) < 4.78 is 10.6. The van der Waals surface area contributed by atoms with Crippen molar-refractivity contribution in [1.29, 1.82) is 0 Å². The molecule has 1 aromatic carbocycles. The van der Waals surface area contributed by atoms with Gasteiger partial charge in [0.25, 0.3) is 5.91 Å². The summed E-state index contributed by atoms with van der Waals surface area (Å²) in [6.07, 6.45) is 5.30. The molecule has 0 atom stereocenters. The maximum Gasteiger partial charge on any atom is 0.260 e. The minimum absolute atomic E-state index is 0.0237. The van der Waals surface area contributed by atoms with Crippen molar-refractivity contribution in [2.45, 2.75) is 0 Å². The van der Waals surface area contributed by atoms with E-state index in [2.05, 4.69) is 5.92 Å². The van der Waals surface area contributed by atoms with Crippen molar-refractivity contribution in [2.75, 3.05) is 32.9 Å². The number of terminal acetylenes is 1. The van der Waals surface area contributed by atoms with Gasteiger partial charge in [-0.25, -0.2) is 0 Å². The fourth-order valence-corrected chi connectivity index (χ4v) is 1.72. The lowest BCUT2D eigenvalue weighted by molar-refractivity contribution is -0.137. The maximum absolute atomic E-state index is 11.8. The van der Waals surface area contributed by atoms with Crippen molar-refractivity contribution >= 4 is 5.91 Å². The molecular weight excluding hydrogens is 230 g/mol. The summed E-state index contributed by atoms with van der Waals surface area (Å²) in [5.74, 6) is 3.12. The third-order valence-electron chi connectivity index (χ3n) is 2.73. The first-order chi connectivity index (χ1) is 8.79. The summed E-state index contributed by atoms with van der Waals surface area (Å²) >= 11 is 0. The van der Waals surface area contributed by atoms with Crippen molar-refractivity contribution in [1.82, 2.24) is 4.90 Å². The van der Waals surface area contributed by atoms with E-state index in [-0.39, 0.29) is 12.5 Å². The number of nitrogens with zero attached hydrogens (tertiary/aromatic N) is 1. The smallest absolute Gasteiger partial charge is 0.260 e. The lowest BCUT2D eigenvalue weighted by Crippen LogP contribution is -2.42. The van der Waals surface area contributed by atoms with Gasteiger partial charge in [0.1, 0.15) is 5.75 Å². The molecular formula is C14H15NO3. The van der Waals surface area contributed by atoms with Crippen molar-refractivity contribution in [2.24, 2.45) is 0 Å². The average molecular weight is 245 g/mol. The first kappa shape index (κ1) is 12.5. The number of morpholine rings is 1. The monoisotopic (exact) mass is 245 g/mol. The molecule has 0 aromatic heterocycles. The zero-order chi connectivity index (χ0) is 12.8. The molecule has 0 bridgehead atoms. The number of rotatable bonds is 3. The van der Waals surface area contributed by atoms with E-state index < -0.39 is 0 Å². The Morgan fingerprint density at radius 3 is 2.94 bits per heavy atom. The number of benzene rings is 1. The van der Waals surface area contributed by atoms with E-state index in [1.165, 1.54) is 0 Å². The van der Waals surface area contributed by atoms with Gasteiger partial charge in [0.15, 0.2) is 6.61 Å². The normalized spacial score (nSPS) is 14.9. The molecule has 2 rings (SSSR count). The fourth-order valence-electron chi connectivity index (χ4n) is 1.72. The summed E-state index contributed by atoms with van der Waals surface area (Å²) in [6.45, 7) is 2.49. The van der Waals surface area contributed by atoms with E-state index in [0.717, 1.165) is 5.56 Å². The van der Waals surface area contributed by atoms with Gasteiger partial charge in [-0.15, -0.1) is 6.42 Å². The van der Waals surface area contributed by atoms with E-state index in [4.69, 9.17) is 15.9 Å². The Bertz CT molecular complexity index is 458. The van der Waals surface area contributed by atoms with Gasteiger partial charge in [0.2, 0.25) is 0 Å². The second-order valence-electron chi connectivity index (χ2n) is 3.95.